The van der Waals surface area contributed by atoms with Gasteiger partial charge in [-0.3, -0.25) is 0 Å². The maximum Gasteiger partial charge on any atom is 0.0329 e. The molecule has 0 saturated heterocycles. The summed E-state index contributed by atoms with van der Waals surface area (Å²) >= 11 is 3.51. The lowest BCUT2D eigenvalue weighted by atomic mass is 10.1. The van der Waals surface area contributed by atoms with Gasteiger partial charge in [0.15, 0.2) is 0 Å². The average molecular weight is 266 g/mol. The molecule has 2 rings (SSSR count). The highest BCUT2D eigenvalue weighted by Gasteiger charge is 2.21. The Labute approximate surface area is 99.7 Å². The van der Waals surface area contributed by atoms with E-state index in [1.807, 2.05) is 0 Å². The predicted molar refractivity (Wildman–Crippen MR) is 68.0 cm³/mol. The summed E-state index contributed by atoms with van der Waals surface area (Å²) < 4.78 is 1.18. The molecule has 1 aromatic carbocycles. The highest BCUT2D eigenvalue weighted by molar-refractivity contribution is 9.10. The fraction of sp³-hybridized carbons (Fsp3) is 0.385. The number of nitrogens with one attached hydrogen (secondary N) is 1. The van der Waals surface area contributed by atoms with Crippen LogP contribution < -0.4 is 5.32 Å². The number of hydrogen-bond acceptors (Lipinski definition) is 1. The smallest absolute Gasteiger partial charge is 0.0329 e. The fourth-order valence-corrected chi connectivity index (χ4v) is 2.50. The standard InChI is InChI=1S/C13H16BrN/c1-9(2)8-15-13-6-3-10-7-11(14)4-5-12(10)13/h4-5,7,13,15H,1,3,6,8H2,2H3. The quantitative estimate of drug-likeness (QED) is 0.824. The molecule has 2 heteroatoms. The molecule has 0 bridgehead atoms. The first-order chi connectivity index (χ1) is 7.16. The van der Waals surface area contributed by atoms with Gasteiger partial charge in [0.2, 0.25) is 0 Å². The van der Waals surface area contributed by atoms with Crippen LogP contribution in [-0.2, 0) is 6.42 Å². The maximum atomic E-state index is 3.92. The Kier molecular flexibility index (Phi) is 3.27. The van der Waals surface area contributed by atoms with E-state index in [4.69, 9.17) is 0 Å². The lowest BCUT2D eigenvalue weighted by Gasteiger charge is -2.13. The van der Waals surface area contributed by atoms with Crippen LogP contribution in [0.4, 0.5) is 0 Å². The van der Waals surface area contributed by atoms with Gasteiger partial charge in [0.05, 0.1) is 0 Å². The normalized spacial score (nSPS) is 18.9. The van der Waals surface area contributed by atoms with Crippen molar-refractivity contribution in [3.8, 4) is 0 Å². The van der Waals surface area contributed by atoms with Gasteiger partial charge in [-0.05, 0) is 43.0 Å². The number of halogens is 1. The van der Waals surface area contributed by atoms with Crippen LogP contribution >= 0.6 is 15.9 Å². The van der Waals surface area contributed by atoms with E-state index in [-0.39, 0.29) is 0 Å². The zero-order valence-electron chi connectivity index (χ0n) is 9.02. The van der Waals surface area contributed by atoms with Gasteiger partial charge in [-0.2, -0.15) is 0 Å². The first kappa shape index (κ1) is 10.9. The second-order valence-corrected chi connectivity index (χ2v) is 5.19. The van der Waals surface area contributed by atoms with E-state index in [1.165, 1.54) is 34.0 Å². The van der Waals surface area contributed by atoms with Crippen molar-refractivity contribution in [3.63, 3.8) is 0 Å². The van der Waals surface area contributed by atoms with E-state index in [1.54, 1.807) is 0 Å². The Morgan fingerprint density at radius 1 is 1.60 bits per heavy atom. The Hall–Kier alpha value is -0.600. The van der Waals surface area contributed by atoms with Crippen molar-refractivity contribution in [1.29, 1.82) is 0 Å². The van der Waals surface area contributed by atoms with Gasteiger partial charge in [0.25, 0.3) is 0 Å². The second-order valence-electron chi connectivity index (χ2n) is 4.27. The number of aryl methyl sites for hydroxylation is 1. The van der Waals surface area contributed by atoms with Crippen LogP contribution in [0.5, 0.6) is 0 Å². The summed E-state index contributed by atoms with van der Waals surface area (Å²) in [7, 11) is 0. The number of fused-ring (bicyclic) bond motifs is 1. The molecule has 0 aromatic heterocycles. The van der Waals surface area contributed by atoms with Gasteiger partial charge < -0.3 is 5.32 Å². The zero-order valence-corrected chi connectivity index (χ0v) is 10.6. The van der Waals surface area contributed by atoms with Crippen molar-refractivity contribution < 1.29 is 0 Å². The number of hydrogen-bond donors (Lipinski definition) is 1. The number of benzene rings is 1. The minimum Gasteiger partial charge on any atom is -0.306 e. The van der Waals surface area contributed by atoms with Crippen molar-refractivity contribution in [1.82, 2.24) is 5.32 Å². The molecule has 1 atom stereocenters. The van der Waals surface area contributed by atoms with Gasteiger partial charge >= 0.3 is 0 Å². The highest BCUT2D eigenvalue weighted by Crippen LogP contribution is 2.32. The zero-order chi connectivity index (χ0) is 10.8. The Morgan fingerprint density at radius 3 is 3.13 bits per heavy atom. The fourth-order valence-electron chi connectivity index (χ4n) is 2.10. The topological polar surface area (TPSA) is 12.0 Å². The van der Waals surface area contributed by atoms with Gasteiger partial charge in [0.1, 0.15) is 0 Å². The first-order valence-corrected chi connectivity index (χ1v) is 6.12. The van der Waals surface area contributed by atoms with Crippen LogP contribution in [0.1, 0.15) is 30.5 Å². The second kappa shape index (κ2) is 4.50. The molecule has 1 nitrogen and oxygen atoms in total. The average Bonchev–Trinajstić information content (AvgIpc) is 2.57. The largest absolute Gasteiger partial charge is 0.306 e. The van der Waals surface area contributed by atoms with Crippen LogP contribution in [-0.4, -0.2) is 6.54 Å². The van der Waals surface area contributed by atoms with Gasteiger partial charge in [-0.1, -0.05) is 34.1 Å². The molecule has 0 fully saturated rings. The van der Waals surface area contributed by atoms with Gasteiger partial charge in [-0.25, -0.2) is 0 Å². The molecule has 0 amide bonds. The molecule has 1 aliphatic carbocycles. The van der Waals surface area contributed by atoms with Crippen LogP contribution in [0.25, 0.3) is 0 Å². The first-order valence-electron chi connectivity index (χ1n) is 5.33. The molecule has 80 valence electrons. The summed E-state index contributed by atoms with van der Waals surface area (Å²) in [5, 5.41) is 3.54. The van der Waals surface area contributed by atoms with Crippen LogP contribution in [0, 0.1) is 0 Å². The summed E-state index contributed by atoms with van der Waals surface area (Å²) in [5.74, 6) is 0. The highest BCUT2D eigenvalue weighted by atomic mass is 79.9. The minimum absolute atomic E-state index is 0.518. The third-order valence-electron chi connectivity index (χ3n) is 2.83. The molecule has 0 radical (unpaired) electrons. The summed E-state index contributed by atoms with van der Waals surface area (Å²) in [5.41, 5.74) is 4.13. The monoisotopic (exact) mass is 265 g/mol. The van der Waals surface area contributed by atoms with E-state index < -0.39 is 0 Å². The summed E-state index contributed by atoms with van der Waals surface area (Å²) in [4.78, 5) is 0. The molecule has 0 heterocycles. The van der Waals surface area contributed by atoms with Crippen molar-refractivity contribution in [3.05, 3.63) is 46.0 Å². The molecule has 0 spiro atoms. The molecule has 0 saturated carbocycles. The molecule has 15 heavy (non-hydrogen) atoms. The van der Waals surface area contributed by atoms with Gasteiger partial charge in [-0.15, -0.1) is 0 Å². The summed E-state index contributed by atoms with van der Waals surface area (Å²) in [6.45, 7) is 6.89. The Morgan fingerprint density at radius 2 is 2.40 bits per heavy atom. The lowest BCUT2D eigenvalue weighted by Crippen LogP contribution is -2.20. The predicted octanol–water partition coefficient (Wildman–Crippen LogP) is 3.60. The van der Waals surface area contributed by atoms with Crippen molar-refractivity contribution in [2.24, 2.45) is 0 Å². The van der Waals surface area contributed by atoms with Crippen LogP contribution in [0.15, 0.2) is 34.8 Å². The molecule has 1 aromatic rings. The molecule has 0 aliphatic heterocycles. The maximum absolute atomic E-state index is 3.92. The lowest BCUT2D eigenvalue weighted by molar-refractivity contribution is 0.557. The SMILES string of the molecule is C=C(C)CNC1CCc2cc(Br)ccc21. The van der Waals surface area contributed by atoms with E-state index in [0.717, 1.165) is 6.54 Å². The van der Waals surface area contributed by atoms with E-state index >= 15 is 0 Å². The van der Waals surface area contributed by atoms with E-state index in [2.05, 4.69) is 52.9 Å². The van der Waals surface area contributed by atoms with Gasteiger partial charge in [0, 0.05) is 17.1 Å². The molecule has 1 aliphatic rings. The minimum atomic E-state index is 0.518. The molecular weight excluding hydrogens is 250 g/mol. The van der Waals surface area contributed by atoms with Crippen molar-refractivity contribution >= 4 is 15.9 Å². The third kappa shape index (κ3) is 2.50. The summed E-state index contributed by atoms with van der Waals surface area (Å²) in [6.07, 6.45) is 2.39. The summed E-state index contributed by atoms with van der Waals surface area (Å²) in [6, 6.07) is 7.10. The Balaban J connectivity index is 2.11. The van der Waals surface area contributed by atoms with Crippen LogP contribution in [0.3, 0.4) is 0 Å². The third-order valence-corrected chi connectivity index (χ3v) is 3.33. The van der Waals surface area contributed by atoms with E-state index in [0.29, 0.717) is 6.04 Å². The molecular formula is C13H16BrN. The van der Waals surface area contributed by atoms with Crippen molar-refractivity contribution in [2.45, 2.75) is 25.8 Å². The van der Waals surface area contributed by atoms with Crippen molar-refractivity contribution in [2.75, 3.05) is 6.54 Å². The number of rotatable bonds is 3. The van der Waals surface area contributed by atoms with E-state index in [9.17, 15) is 0 Å². The Bertz CT molecular complexity index is 384. The molecule has 1 N–H and O–H groups in total. The molecule has 1 unspecified atom stereocenters. The van der Waals surface area contributed by atoms with Crippen LogP contribution in [0.2, 0.25) is 0 Å².